The van der Waals surface area contributed by atoms with Crippen molar-refractivity contribution in [3.8, 4) is 0 Å². The Labute approximate surface area is 278 Å². The van der Waals surface area contributed by atoms with Gasteiger partial charge < -0.3 is 9.64 Å². The van der Waals surface area contributed by atoms with Crippen molar-refractivity contribution in [3.63, 3.8) is 0 Å². The summed E-state index contributed by atoms with van der Waals surface area (Å²) < 4.78 is 5.19. The van der Waals surface area contributed by atoms with Crippen molar-refractivity contribution in [3.05, 3.63) is 123 Å². The minimum absolute atomic E-state index is 0.0534. The predicted molar refractivity (Wildman–Crippen MR) is 186 cm³/mol. The van der Waals surface area contributed by atoms with Crippen LogP contribution in [0.3, 0.4) is 0 Å². The molecule has 1 aromatic heterocycles. The van der Waals surface area contributed by atoms with Crippen LogP contribution in [0.1, 0.15) is 90.6 Å². The number of aromatic nitrogens is 1. The molecule has 1 aliphatic rings. The summed E-state index contributed by atoms with van der Waals surface area (Å²) in [5.41, 5.74) is 5.82. The summed E-state index contributed by atoms with van der Waals surface area (Å²) in [6, 6.07) is 30.5. The fourth-order valence-electron chi connectivity index (χ4n) is 6.20. The zero-order valence-electron chi connectivity index (χ0n) is 27.7. The molecule has 1 fully saturated rings. The lowest BCUT2D eigenvalue weighted by molar-refractivity contribution is -0.149. The average Bonchev–Trinajstić information content (AvgIpc) is 3.54. The Kier molecular flexibility index (Phi) is 11.4. The quantitative estimate of drug-likeness (QED) is 0.147. The third-order valence-electron chi connectivity index (χ3n) is 8.90. The second kappa shape index (κ2) is 15.7. The van der Waals surface area contributed by atoms with Gasteiger partial charge in [0, 0.05) is 30.9 Å². The van der Waals surface area contributed by atoms with E-state index in [2.05, 4.69) is 111 Å². The molecule has 0 spiro atoms. The van der Waals surface area contributed by atoms with E-state index in [-0.39, 0.29) is 29.1 Å². The van der Waals surface area contributed by atoms with Gasteiger partial charge in [0.2, 0.25) is 0 Å². The summed E-state index contributed by atoms with van der Waals surface area (Å²) in [5.74, 6) is -0.0569. The highest BCUT2D eigenvalue weighted by Gasteiger charge is 2.29. The van der Waals surface area contributed by atoms with Gasteiger partial charge in [0.1, 0.15) is 10.7 Å². The number of carbonyl (C=O) groups is 2. The molecule has 0 atom stereocenters. The molecule has 4 aromatic rings. The molecular formula is C39H47N3O3S. The molecule has 3 aromatic carbocycles. The standard InChI is InChI=1S/C39H47N3O3S/c1-5-45-38(44)32-20-24-42(25-21-32)37(43)35-28-46-36(40-35)27-41(26-29-16-18-33(19-17-29)39(2,3)4)23-22-34(30-12-8-6-9-13-30)31-14-10-7-11-15-31/h6-19,28,32,34H,5,20-27H2,1-4H3. The monoisotopic (exact) mass is 637 g/mol. The zero-order chi connectivity index (χ0) is 32.5. The van der Waals surface area contributed by atoms with Gasteiger partial charge in [0.05, 0.1) is 19.1 Å². The molecule has 0 radical (unpaired) electrons. The number of likely N-dealkylation sites (tertiary alicyclic amines) is 1. The topological polar surface area (TPSA) is 62.7 Å². The summed E-state index contributed by atoms with van der Waals surface area (Å²) in [6.07, 6.45) is 2.22. The molecule has 7 heteroatoms. The number of thiazole rings is 1. The van der Waals surface area contributed by atoms with E-state index in [0.717, 1.165) is 24.5 Å². The largest absolute Gasteiger partial charge is 0.466 e. The summed E-state index contributed by atoms with van der Waals surface area (Å²) in [4.78, 5) is 34.7. The molecule has 242 valence electrons. The van der Waals surface area contributed by atoms with Crippen molar-refractivity contribution < 1.29 is 14.3 Å². The number of amides is 1. The Hall–Kier alpha value is -3.81. The van der Waals surface area contributed by atoms with Crippen LogP contribution in [0.25, 0.3) is 0 Å². The van der Waals surface area contributed by atoms with E-state index in [1.165, 1.54) is 22.3 Å². The first-order chi connectivity index (χ1) is 22.2. The molecule has 0 saturated carbocycles. The lowest BCUT2D eigenvalue weighted by atomic mass is 9.86. The molecule has 0 bridgehead atoms. The van der Waals surface area contributed by atoms with Gasteiger partial charge in [0.15, 0.2) is 0 Å². The van der Waals surface area contributed by atoms with Crippen molar-refractivity contribution in [2.75, 3.05) is 26.2 Å². The summed E-state index contributed by atoms with van der Waals surface area (Å²) >= 11 is 1.55. The van der Waals surface area contributed by atoms with E-state index in [1.54, 1.807) is 11.3 Å². The number of carbonyl (C=O) groups excluding carboxylic acids is 2. The number of piperidine rings is 1. The summed E-state index contributed by atoms with van der Waals surface area (Å²) in [7, 11) is 0. The van der Waals surface area contributed by atoms with E-state index < -0.39 is 0 Å². The normalized spacial score (nSPS) is 14.2. The Bertz CT molecular complexity index is 1500. The fraction of sp³-hybridized carbons (Fsp3) is 0.410. The van der Waals surface area contributed by atoms with Gasteiger partial charge in [-0.25, -0.2) is 4.98 Å². The van der Waals surface area contributed by atoms with Crippen molar-refractivity contribution >= 4 is 23.2 Å². The second-order valence-electron chi connectivity index (χ2n) is 13.3. The van der Waals surface area contributed by atoms with Gasteiger partial charge in [-0.3, -0.25) is 14.5 Å². The summed E-state index contributed by atoms with van der Waals surface area (Å²) in [5, 5.41) is 2.83. The third-order valence-corrected chi connectivity index (χ3v) is 9.73. The zero-order valence-corrected chi connectivity index (χ0v) is 28.5. The molecule has 1 amide bonds. The molecule has 6 nitrogen and oxygen atoms in total. The average molecular weight is 638 g/mol. The maximum atomic E-state index is 13.4. The second-order valence-corrected chi connectivity index (χ2v) is 14.2. The maximum absolute atomic E-state index is 13.4. The minimum atomic E-state index is -0.152. The number of ether oxygens (including phenoxy) is 1. The van der Waals surface area contributed by atoms with Gasteiger partial charge >= 0.3 is 5.97 Å². The van der Waals surface area contributed by atoms with Crippen molar-refractivity contribution in [1.29, 1.82) is 0 Å². The van der Waals surface area contributed by atoms with E-state index in [9.17, 15) is 9.59 Å². The Balaban J connectivity index is 1.30. The van der Waals surface area contributed by atoms with E-state index >= 15 is 0 Å². The first-order valence-corrected chi connectivity index (χ1v) is 17.4. The van der Waals surface area contributed by atoms with Crippen LogP contribution in [0, 0.1) is 5.92 Å². The summed E-state index contributed by atoms with van der Waals surface area (Å²) in [6.45, 7) is 12.4. The van der Waals surface area contributed by atoms with Crippen LogP contribution >= 0.6 is 11.3 Å². The molecule has 5 rings (SSSR count). The molecule has 1 saturated heterocycles. The molecule has 0 N–H and O–H groups in total. The molecular weight excluding hydrogens is 591 g/mol. The number of hydrogen-bond donors (Lipinski definition) is 0. The predicted octanol–water partition coefficient (Wildman–Crippen LogP) is 8.08. The minimum Gasteiger partial charge on any atom is -0.466 e. The number of hydrogen-bond acceptors (Lipinski definition) is 6. The van der Waals surface area contributed by atoms with Crippen LogP contribution in [0.5, 0.6) is 0 Å². The lowest BCUT2D eigenvalue weighted by Crippen LogP contribution is -2.40. The van der Waals surface area contributed by atoms with Gasteiger partial charge in [0.25, 0.3) is 5.91 Å². The Morgan fingerprint density at radius 2 is 1.52 bits per heavy atom. The number of rotatable bonds is 12. The van der Waals surface area contributed by atoms with Crippen molar-refractivity contribution in [2.24, 2.45) is 5.92 Å². The first-order valence-electron chi connectivity index (χ1n) is 16.5. The highest BCUT2D eigenvalue weighted by Crippen LogP contribution is 2.30. The third kappa shape index (κ3) is 8.92. The Morgan fingerprint density at radius 3 is 2.09 bits per heavy atom. The lowest BCUT2D eigenvalue weighted by Gasteiger charge is -2.30. The maximum Gasteiger partial charge on any atom is 0.309 e. The van der Waals surface area contributed by atoms with Gasteiger partial charge in [-0.05, 0) is 60.4 Å². The molecule has 46 heavy (non-hydrogen) atoms. The SMILES string of the molecule is CCOC(=O)C1CCN(C(=O)c2csc(CN(CCC(c3ccccc3)c3ccccc3)Cc3ccc(C(C)(C)C)cc3)n2)CC1. The highest BCUT2D eigenvalue weighted by atomic mass is 32.1. The number of esters is 1. The van der Waals surface area contributed by atoms with Gasteiger partial charge in [-0.2, -0.15) is 0 Å². The molecule has 2 heterocycles. The van der Waals surface area contributed by atoms with Crippen LogP contribution in [0.4, 0.5) is 0 Å². The fourth-order valence-corrected chi connectivity index (χ4v) is 7.01. The van der Waals surface area contributed by atoms with E-state index in [0.29, 0.717) is 44.8 Å². The van der Waals surface area contributed by atoms with Crippen LogP contribution < -0.4 is 0 Å². The Morgan fingerprint density at radius 1 is 0.913 bits per heavy atom. The first kappa shape index (κ1) is 33.6. The van der Waals surface area contributed by atoms with Gasteiger partial charge in [-0.15, -0.1) is 11.3 Å². The molecule has 0 aliphatic carbocycles. The molecule has 1 aliphatic heterocycles. The van der Waals surface area contributed by atoms with E-state index in [4.69, 9.17) is 9.72 Å². The molecule has 0 unspecified atom stereocenters. The van der Waals surface area contributed by atoms with Crippen LogP contribution in [0.15, 0.2) is 90.3 Å². The van der Waals surface area contributed by atoms with Crippen LogP contribution in [-0.4, -0.2) is 52.9 Å². The van der Waals surface area contributed by atoms with E-state index in [1.807, 2.05) is 17.2 Å². The number of nitrogens with zero attached hydrogens (tertiary/aromatic N) is 3. The number of benzene rings is 3. The van der Waals surface area contributed by atoms with Crippen molar-refractivity contribution in [1.82, 2.24) is 14.8 Å². The van der Waals surface area contributed by atoms with Crippen molar-refractivity contribution in [2.45, 2.75) is 71.4 Å². The van der Waals surface area contributed by atoms with Crippen LogP contribution in [-0.2, 0) is 28.0 Å². The smallest absolute Gasteiger partial charge is 0.309 e. The highest BCUT2D eigenvalue weighted by molar-refractivity contribution is 7.09. The van der Waals surface area contributed by atoms with Crippen LogP contribution in [0.2, 0.25) is 0 Å². The van der Waals surface area contributed by atoms with Gasteiger partial charge in [-0.1, -0.05) is 106 Å².